The predicted octanol–water partition coefficient (Wildman–Crippen LogP) is 1.42. The Bertz CT molecular complexity index is 403. The first-order valence-corrected chi connectivity index (χ1v) is 5.39. The summed E-state index contributed by atoms with van der Waals surface area (Å²) in [6, 6.07) is 0. The molecule has 1 atom stereocenters. The van der Waals surface area contributed by atoms with E-state index in [0.29, 0.717) is 0 Å². The molecule has 0 aliphatic carbocycles. The Hall–Kier alpha value is -1.57. The summed E-state index contributed by atoms with van der Waals surface area (Å²) in [7, 11) is 0. The van der Waals surface area contributed by atoms with E-state index in [4.69, 9.17) is 10.5 Å². The van der Waals surface area contributed by atoms with Crippen LogP contribution in [-0.2, 0) is 15.7 Å². The lowest BCUT2D eigenvalue weighted by Crippen LogP contribution is -2.22. The van der Waals surface area contributed by atoms with Crippen molar-refractivity contribution >= 4 is 5.97 Å². The standard InChI is InChI=1S/C10H14F3N3O2/c1-2-18-9(17)6(3-4-14)7-5-15-16-8(7)10(11,12)13/h5-6H,2-4,14H2,1H3,(H,15,16). The molecule has 1 heterocycles. The van der Waals surface area contributed by atoms with E-state index < -0.39 is 23.8 Å². The van der Waals surface area contributed by atoms with Gasteiger partial charge < -0.3 is 10.5 Å². The summed E-state index contributed by atoms with van der Waals surface area (Å²) in [6.45, 7) is 1.75. The maximum Gasteiger partial charge on any atom is 0.433 e. The minimum absolute atomic E-state index is 0.0709. The van der Waals surface area contributed by atoms with Crippen molar-refractivity contribution in [3.8, 4) is 0 Å². The highest BCUT2D eigenvalue weighted by molar-refractivity contribution is 5.78. The smallest absolute Gasteiger partial charge is 0.433 e. The first-order valence-electron chi connectivity index (χ1n) is 5.39. The molecule has 0 amide bonds. The second kappa shape index (κ2) is 5.85. The number of ether oxygens (including phenoxy) is 1. The van der Waals surface area contributed by atoms with Gasteiger partial charge in [-0.05, 0) is 19.9 Å². The fraction of sp³-hybridized carbons (Fsp3) is 0.600. The zero-order chi connectivity index (χ0) is 13.8. The Labute approximate surface area is 101 Å². The molecule has 0 spiro atoms. The van der Waals surface area contributed by atoms with Gasteiger partial charge in [0, 0.05) is 5.56 Å². The Balaban J connectivity index is 3.06. The number of rotatable bonds is 5. The molecular weight excluding hydrogens is 251 g/mol. The van der Waals surface area contributed by atoms with Crippen molar-refractivity contribution in [2.75, 3.05) is 13.2 Å². The summed E-state index contributed by atoms with van der Waals surface area (Å²) < 4.78 is 42.8. The zero-order valence-electron chi connectivity index (χ0n) is 9.75. The molecule has 1 rings (SSSR count). The van der Waals surface area contributed by atoms with Crippen LogP contribution >= 0.6 is 0 Å². The van der Waals surface area contributed by atoms with Gasteiger partial charge in [0.25, 0.3) is 0 Å². The number of nitrogens with one attached hydrogen (secondary N) is 1. The summed E-state index contributed by atoms with van der Waals surface area (Å²) in [4.78, 5) is 11.6. The SMILES string of the molecule is CCOC(=O)C(CCN)c1cn[nH]c1C(F)(F)F. The van der Waals surface area contributed by atoms with Crippen molar-refractivity contribution < 1.29 is 22.7 Å². The van der Waals surface area contributed by atoms with E-state index >= 15 is 0 Å². The number of alkyl halides is 3. The van der Waals surface area contributed by atoms with Crippen molar-refractivity contribution in [2.24, 2.45) is 5.73 Å². The van der Waals surface area contributed by atoms with E-state index in [2.05, 4.69) is 5.10 Å². The topological polar surface area (TPSA) is 81.0 Å². The normalized spacial score (nSPS) is 13.4. The third kappa shape index (κ3) is 3.22. The van der Waals surface area contributed by atoms with Crippen LogP contribution in [0.5, 0.6) is 0 Å². The number of carbonyl (C=O) groups is 1. The number of H-pyrrole nitrogens is 1. The number of halogens is 3. The van der Waals surface area contributed by atoms with Gasteiger partial charge in [0.2, 0.25) is 0 Å². The molecule has 1 unspecified atom stereocenters. The van der Waals surface area contributed by atoms with Crippen molar-refractivity contribution in [1.82, 2.24) is 10.2 Å². The van der Waals surface area contributed by atoms with Gasteiger partial charge in [-0.25, -0.2) is 0 Å². The molecule has 0 bridgehead atoms. The van der Waals surface area contributed by atoms with Crippen LogP contribution in [0.1, 0.15) is 30.5 Å². The Morgan fingerprint density at radius 1 is 1.61 bits per heavy atom. The molecule has 0 aromatic carbocycles. The summed E-state index contributed by atoms with van der Waals surface area (Å²) in [6.07, 6.45) is -3.54. The fourth-order valence-electron chi connectivity index (χ4n) is 1.60. The summed E-state index contributed by atoms with van der Waals surface area (Å²) in [5.41, 5.74) is 4.05. The third-order valence-corrected chi connectivity index (χ3v) is 2.35. The number of nitrogens with two attached hydrogens (primary N) is 1. The molecule has 0 fully saturated rings. The molecular formula is C10H14F3N3O2. The lowest BCUT2D eigenvalue weighted by Gasteiger charge is -2.15. The lowest BCUT2D eigenvalue weighted by molar-refractivity contribution is -0.147. The lowest BCUT2D eigenvalue weighted by atomic mass is 9.96. The minimum Gasteiger partial charge on any atom is -0.466 e. The average molecular weight is 265 g/mol. The highest BCUT2D eigenvalue weighted by atomic mass is 19.4. The number of hydrogen-bond acceptors (Lipinski definition) is 4. The quantitative estimate of drug-likeness (QED) is 0.789. The van der Waals surface area contributed by atoms with Crippen LogP contribution in [0.2, 0.25) is 0 Å². The molecule has 5 nitrogen and oxygen atoms in total. The predicted molar refractivity (Wildman–Crippen MR) is 56.6 cm³/mol. The molecule has 18 heavy (non-hydrogen) atoms. The van der Waals surface area contributed by atoms with Gasteiger partial charge >= 0.3 is 12.1 Å². The van der Waals surface area contributed by atoms with Gasteiger partial charge in [-0.2, -0.15) is 18.3 Å². The van der Waals surface area contributed by atoms with Crippen LogP contribution in [0, 0.1) is 0 Å². The molecule has 1 aromatic heterocycles. The molecule has 8 heteroatoms. The van der Waals surface area contributed by atoms with Crippen LogP contribution in [0.15, 0.2) is 6.20 Å². The molecule has 0 saturated carbocycles. The largest absolute Gasteiger partial charge is 0.466 e. The maximum absolute atomic E-state index is 12.7. The Morgan fingerprint density at radius 2 is 2.28 bits per heavy atom. The molecule has 0 radical (unpaired) electrons. The fourth-order valence-corrected chi connectivity index (χ4v) is 1.60. The van der Waals surface area contributed by atoms with E-state index in [9.17, 15) is 18.0 Å². The zero-order valence-corrected chi connectivity index (χ0v) is 9.75. The number of aromatic nitrogens is 2. The van der Waals surface area contributed by atoms with E-state index in [0.717, 1.165) is 6.20 Å². The number of esters is 1. The van der Waals surface area contributed by atoms with E-state index in [1.54, 1.807) is 6.92 Å². The van der Waals surface area contributed by atoms with Crippen LogP contribution in [0.4, 0.5) is 13.2 Å². The summed E-state index contributed by atoms with van der Waals surface area (Å²) in [5, 5.41) is 5.20. The second-order valence-electron chi connectivity index (χ2n) is 3.58. The molecule has 0 aliphatic rings. The summed E-state index contributed by atoms with van der Waals surface area (Å²) >= 11 is 0. The maximum atomic E-state index is 12.7. The van der Waals surface area contributed by atoms with Crippen molar-refractivity contribution in [3.05, 3.63) is 17.5 Å². The van der Waals surface area contributed by atoms with Crippen LogP contribution in [-0.4, -0.2) is 29.3 Å². The van der Waals surface area contributed by atoms with Crippen molar-refractivity contribution in [3.63, 3.8) is 0 Å². The monoisotopic (exact) mass is 265 g/mol. The number of carbonyl (C=O) groups excluding carboxylic acids is 1. The highest BCUT2D eigenvalue weighted by Gasteiger charge is 2.39. The van der Waals surface area contributed by atoms with Gasteiger partial charge in [0.1, 0.15) is 5.69 Å². The van der Waals surface area contributed by atoms with Crippen molar-refractivity contribution in [2.45, 2.75) is 25.4 Å². The van der Waals surface area contributed by atoms with Gasteiger partial charge in [-0.3, -0.25) is 9.89 Å². The molecule has 0 aliphatic heterocycles. The van der Waals surface area contributed by atoms with Gasteiger partial charge in [0.05, 0.1) is 18.7 Å². The Morgan fingerprint density at radius 3 is 2.78 bits per heavy atom. The molecule has 102 valence electrons. The average Bonchev–Trinajstić information content (AvgIpc) is 2.74. The van der Waals surface area contributed by atoms with Gasteiger partial charge in [0.15, 0.2) is 0 Å². The van der Waals surface area contributed by atoms with Crippen LogP contribution in [0.3, 0.4) is 0 Å². The third-order valence-electron chi connectivity index (χ3n) is 2.35. The van der Waals surface area contributed by atoms with Crippen LogP contribution < -0.4 is 5.73 Å². The second-order valence-corrected chi connectivity index (χ2v) is 3.58. The Kier molecular flexibility index (Phi) is 4.71. The number of nitrogens with zero attached hydrogens (tertiary/aromatic N) is 1. The first kappa shape index (κ1) is 14.5. The molecule has 0 saturated heterocycles. The van der Waals surface area contributed by atoms with Gasteiger partial charge in [-0.15, -0.1) is 0 Å². The van der Waals surface area contributed by atoms with E-state index in [1.807, 2.05) is 5.10 Å². The van der Waals surface area contributed by atoms with Crippen LogP contribution in [0.25, 0.3) is 0 Å². The number of aromatic amines is 1. The van der Waals surface area contributed by atoms with E-state index in [1.165, 1.54) is 0 Å². The van der Waals surface area contributed by atoms with E-state index in [-0.39, 0.29) is 25.1 Å². The molecule has 3 N–H and O–H groups in total. The number of hydrogen-bond donors (Lipinski definition) is 2. The first-order chi connectivity index (χ1) is 8.41. The summed E-state index contributed by atoms with van der Waals surface area (Å²) in [5.74, 6) is -1.78. The minimum atomic E-state index is -4.59. The van der Waals surface area contributed by atoms with Gasteiger partial charge in [-0.1, -0.05) is 0 Å². The highest BCUT2D eigenvalue weighted by Crippen LogP contribution is 2.34. The van der Waals surface area contributed by atoms with Crippen molar-refractivity contribution in [1.29, 1.82) is 0 Å². The molecule has 1 aromatic rings.